The van der Waals surface area contributed by atoms with Gasteiger partial charge in [0.25, 0.3) is 0 Å². The van der Waals surface area contributed by atoms with E-state index in [1.54, 1.807) is 0 Å². The Morgan fingerprint density at radius 2 is 1.25 bits per heavy atom. The lowest BCUT2D eigenvalue weighted by molar-refractivity contribution is 0.503. The van der Waals surface area contributed by atoms with Crippen LogP contribution in [0, 0.1) is 20.8 Å². The summed E-state index contributed by atoms with van der Waals surface area (Å²) in [6.45, 7) is 5.61. The normalized spacial score (nSPS) is 13.9. The Balaban J connectivity index is 2.05. The van der Waals surface area contributed by atoms with Gasteiger partial charge in [-0.25, -0.2) is 13.1 Å². The molecule has 3 aromatic rings. The van der Waals surface area contributed by atoms with Gasteiger partial charge >= 0.3 is 0 Å². The zero-order chi connectivity index (χ0) is 20.3. The minimum atomic E-state index is -3.77. The maximum absolute atomic E-state index is 13.3. The van der Waals surface area contributed by atoms with Crippen LogP contribution in [0.25, 0.3) is 0 Å². The molecule has 0 bridgehead atoms. The highest BCUT2D eigenvalue weighted by molar-refractivity contribution is 7.89. The van der Waals surface area contributed by atoms with E-state index in [1.807, 2.05) is 93.6 Å². The van der Waals surface area contributed by atoms with Gasteiger partial charge in [0, 0.05) is 0 Å². The van der Waals surface area contributed by atoms with E-state index < -0.39 is 22.1 Å². The fourth-order valence-electron chi connectivity index (χ4n) is 3.69. The van der Waals surface area contributed by atoms with Crippen molar-refractivity contribution in [1.29, 1.82) is 0 Å². The quantitative estimate of drug-likeness (QED) is 0.653. The van der Waals surface area contributed by atoms with Crippen molar-refractivity contribution in [2.45, 2.75) is 37.8 Å². The number of sulfonamides is 1. The molecule has 0 heterocycles. The lowest BCUT2D eigenvalue weighted by Crippen LogP contribution is -2.36. The van der Waals surface area contributed by atoms with Gasteiger partial charge in [0.05, 0.1) is 17.0 Å². The zero-order valence-electron chi connectivity index (χ0n) is 16.4. The fourth-order valence-corrected chi connectivity index (χ4v) is 5.39. The summed E-state index contributed by atoms with van der Waals surface area (Å²) in [4.78, 5) is 0.319. The number of nitrogens with two attached hydrogens (primary N) is 1. The molecular weight excluding hydrogens is 368 g/mol. The molecule has 0 saturated heterocycles. The largest absolute Gasteiger partial charge is 0.322 e. The third kappa shape index (κ3) is 4.33. The smallest absolute Gasteiger partial charge is 0.241 e. The van der Waals surface area contributed by atoms with Crippen LogP contribution in [-0.4, -0.2) is 8.42 Å². The van der Waals surface area contributed by atoms with Gasteiger partial charge in [-0.3, -0.25) is 0 Å². The van der Waals surface area contributed by atoms with E-state index in [0.29, 0.717) is 4.90 Å². The molecule has 146 valence electrons. The molecule has 0 radical (unpaired) electrons. The summed E-state index contributed by atoms with van der Waals surface area (Å²) < 4.78 is 29.5. The van der Waals surface area contributed by atoms with Crippen molar-refractivity contribution in [2.75, 3.05) is 0 Å². The fraction of sp³-hybridized carbons (Fsp3) is 0.217. The molecule has 0 amide bonds. The second kappa shape index (κ2) is 8.27. The molecule has 2 atom stereocenters. The molecule has 0 fully saturated rings. The summed E-state index contributed by atoms with van der Waals surface area (Å²) in [5, 5.41) is 0. The lowest BCUT2D eigenvalue weighted by atomic mass is 9.95. The third-order valence-corrected chi connectivity index (χ3v) is 6.60. The molecule has 1 unspecified atom stereocenters. The van der Waals surface area contributed by atoms with Gasteiger partial charge in [0.15, 0.2) is 0 Å². The van der Waals surface area contributed by atoms with Crippen LogP contribution in [0.2, 0.25) is 0 Å². The Hall–Kier alpha value is -2.47. The second-order valence-corrected chi connectivity index (χ2v) is 8.82. The van der Waals surface area contributed by atoms with Crippen LogP contribution < -0.4 is 10.5 Å². The number of aryl methyl sites for hydroxylation is 3. The maximum Gasteiger partial charge on any atom is 0.241 e. The summed E-state index contributed by atoms with van der Waals surface area (Å²) in [7, 11) is -3.77. The maximum atomic E-state index is 13.3. The van der Waals surface area contributed by atoms with E-state index in [9.17, 15) is 8.42 Å². The number of hydrogen-bond acceptors (Lipinski definition) is 3. The number of benzene rings is 3. The predicted molar refractivity (Wildman–Crippen MR) is 114 cm³/mol. The Bertz CT molecular complexity index is 1030. The monoisotopic (exact) mass is 394 g/mol. The van der Waals surface area contributed by atoms with Crippen LogP contribution in [0.4, 0.5) is 0 Å². The average molecular weight is 395 g/mol. The van der Waals surface area contributed by atoms with Crippen molar-refractivity contribution in [3.8, 4) is 0 Å². The first-order chi connectivity index (χ1) is 13.3. The van der Waals surface area contributed by atoms with E-state index in [0.717, 1.165) is 27.8 Å². The summed E-state index contributed by atoms with van der Waals surface area (Å²) in [6, 6.07) is 21.7. The van der Waals surface area contributed by atoms with E-state index in [2.05, 4.69) is 4.72 Å². The van der Waals surface area contributed by atoms with E-state index in [-0.39, 0.29) is 0 Å². The van der Waals surface area contributed by atoms with Crippen molar-refractivity contribution < 1.29 is 8.42 Å². The first-order valence-corrected chi connectivity index (χ1v) is 10.7. The van der Waals surface area contributed by atoms with Crippen molar-refractivity contribution in [1.82, 2.24) is 4.72 Å². The molecule has 28 heavy (non-hydrogen) atoms. The van der Waals surface area contributed by atoms with Crippen molar-refractivity contribution >= 4 is 10.0 Å². The number of nitrogens with one attached hydrogen (secondary N) is 1. The molecule has 0 spiro atoms. The third-order valence-electron chi connectivity index (χ3n) is 4.86. The van der Waals surface area contributed by atoms with Crippen molar-refractivity contribution in [3.05, 3.63) is 101 Å². The lowest BCUT2D eigenvalue weighted by Gasteiger charge is -2.26. The Labute approximate surface area is 167 Å². The molecule has 0 aliphatic heterocycles. The van der Waals surface area contributed by atoms with E-state index in [4.69, 9.17) is 5.73 Å². The zero-order valence-corrected chi connectivity index (χ0v) is 17.2. The second-order valence-electron chi connectivity index (χ2n) is 7.17. The van der Waals surface area contributed by atoms with Crippen LogP contribution in [0.15, 0.2) is 77.7 Å². The highest BCUT2D eigenvalue weighted by atomic mass is 32.2. The Morgan fingerprint density at radius 1 is 0.786 bits per heavy atom. The molecule has 0 aliphatic rings. The molecule has 0 aliphatic carbocycles. The summed E-state index contributed by atoms with van der Waals surface area (Å²) in [5.74, 6) is 0. The Kier molecular flexibility index (Phi) is 5.98. The van der Waals surface area contributed by atoms with Crippen molar-refractivity contribution in [2.24, 2.45) is 5.73 Å². The molecule has 3 N–H and O–H groups in total. The van der Waals surface area contributed by atoms with Gasteiger partial charge in [0.2, 0.25) is 10.0 Å². The van der Waals surface area contributed by atoms with Crippen LogP contribution in [0.3, 0.4) is 0 Å². The van der Waals surface area contributed by atoms with Crippen molar-refractivity contribution in [3.63, 3.8) is 0 Å². The molecular formula is C23H26N2O2S. The van der Waals surface area contributed by atoms with Gasteiger partial charge in [-0.15, -0.1) is 0 Å². The highest BCUT2D eigenvalue weighted by Gasteiger charge is 2.29. The average Bonchev–Trinajstić information content (AvgIpc) is 2.66. The number of rotatable bonds is 6. The summed E-state index contributed by atoms with van der Waals surface area (Å²) in [6.07, 6.45) is 0. The van der Waals surface area contributed by atoms with Crippen LogP contribution >= 0.6 is 0 Å². The van der Waals surface area contributed by atoms with Crippen LogP contribution in [0.1, 0.15) is 39.9 Å². The highest BCUT2D eigenvalue weighted by Crippen LogP contribution is 2.30. The molecule has 5 heteroatoms. The van der Waals surface area contributed by atoms with Gasteiger partial charge in [-0.1, -0.05) is 78.4 Å². The predicted octanol–water partition coefficient (Wildman–Crippen LogP) is 4.33. The first-order valence-electron chi connectivity index (χ1n) is 9.25. The van der Waals surface area contributed by atoms with Gasteiger partial charge < -0.3 is 5.73 Å². The molecule has 0 saturated carbocycles. The molecule has 3 aromatic carbocycles. The standard InChI is InChI=1S/C23H26N2O2S/c1-16-14-17(2)23(18(3)15-16)28(26,27)25-22(20-12-8-5-9-13-20)21(24)19-10-6-4-7-11-19/h4-15,21-22,25H,24H2,1-3H3/t21?,22-/m1/s1. The summed E-state index contributed by atoms with van der Waals surface area (Å²) in [5.41, 5.74) is 10.7. The Morgan fingerprint density at radius 3 is 1.75 bits per heavy atom. The number of hydrogen-bond donors (Lipinski definition) is 2. The topological polar surface area (TPSA) is 72.2 Å². The first kappa shape index (κ1) is 20.3. The van der Waals surface area contributed by atoms with Gasteiger partial charge in [-0.05, 0) is 43.0 Å². The summed E-state index contributed by atoms with van der Waals surface area (Å²) >= 11 is 0. The van der Waals surface area contributed by atoms with E-state index in [1.165, 1.54) is 0 Å². The molecule has 3 rings (SSSR count). The molecule has 4 nitrogen and oxygen atoms in total. The van der Waals surface area contributed by atoms with E-state index >= 15 is 0 Å². The molecule has 0 aromatic heterocycles. The van der Waals surface area contributed by atoms with Crippen LogP contribution in [0.5, 0.6) is 0 Å². The minimum absolute atomic E-state index is 0.319. The minimum Gasteiger partial charge on any atom is -0.322 e. The van der Waals surface area contributed by atoms with Gasteiger partial charge in [-0.2, -0.15) is 0 Å². The van der Waals surface area contributed by atoms with Gasteiger partial charge in [0.1, 0.15) is 0 Å². The van der Waals surface area contributed by atoms with Crippen LogP contribution in [-0.2, 0) is 10.0 Å². The SMILES string of the molecule is Cc1cc(C)c(S(=O)(=O)N[C@H](c2ccccc2)C(N)c2ccccc2)c(C)c1.